The largest absolute Gasteiger partial charge is 0.493 e. The van der Waals surface area contributed by atoms with Crippen LogP contribution in [0.5, 0.6) is 28.9 Å². The van der Waals surface area contributed by atoms with Crippen LogP contribution in [0.25, 0.3) is 5.65 Å². The summed E-state index contributed by atoms with van der Waals surface area (Å²) >= 11 is 5.90. The van der Waals surface area contributed by atoms with Gasteiger partial charge in [0, 0.05) is 35.2 Å². The molecule has 0 saturated carbocycles. The predicted octanol–water partition coefficient (Wildman–Crippen LogP) is 3.00. The molecule has 2 heterocycles. The van der Waals surface area contributed by atoms with Gasteiger partial charge in [0.15, 0.2) is 11.5 Å². The summed E-state index contributed by atoms with van der Waals surface area (Å²) in [6.45, 7) is -0.350. The van der Waals surface area contributed by atoms with Gasteiger partial charge in [-0.3, -0.25) is 4.79 Å². The minimum atomic E-state index is -0.529. The number of fused-ring (bicyclic) bond motifs is 1. The zero-order valence-corrected chi connectivity index (χ0v) is 19.2. The van der Waals surface area contributed by atoms with Crippen molar-refractivity contribution in [2.75, 3.05) is 26.6 Å². The van der Waals surface area contributed by atoms with Crippen LogP contribution >= 0.6 is 11.6 Å². The van der Waals surface area contributed by atoms with Crippen molar-refractivity contribution in [2.24, 2.45) is 0 Å². The van der Waals surface area contributed by atoms with Crippen LogP contribution in [0.3, 0.4) is 0 Å². The van der Waals surface area contributed by atoms with E-state index < -0.39 is 11.6 Å². The number of nitrogens with zero attached hydrogens (tertiary/aromatic N) is 4. The first kappa shape index (κ1) is 22.9. The zero-order valence-electron chi connectivity index (χ0n) is 18.4. The number of halogens is 1. The Balaban J connectivity index is 1.58. The molecule has 1 amide bonds. The minimum absolute atomic E-state index is 0.103. The maximum absolute atomic E-state index is 12.8. The van der Waals surface area contributed by atoms with E-state index in [1.165, 1.54) is 38.1 Å². The van der Waals surface area contributed by atoms with Crippen LogP contribution in [0, 0.1) is 0 Å². The zero-order chi connectivity index (χ0) is 24.2. The Morgan fingerprint density at radius 2 is 1.74 bits per heavy atom. The highest BCUT2D eigenvalue weighted by molar-refractivity contribution is 6.30. The molecular formula is C22H20ClN5O6. The Morgan fingerprint density at radius 1 is 1.06 bits per heavy atom. The van der Waals surface area contributed by atoms with Crippen molar-refractivity contribution >= 4 is 28.8 Å². The number of ether oxygens (including phenoxy) is 4. The van der Waals surface area contributed by atoms with E-state index in [1.807, 2.05) is 0 Å². The molecule has 0 unspecified atom stereocenters. The van der Waals surface area contributed by atoms with Gasteiger partial charge in [0.2, 0.25) is 17.3 Å². The molecule has 2 aromatic heterocycles. The lowest BCUT2D eigenvalue weighted by molar-refractivity contribution is -0.117. The van der Waals surface area contributed by atoms with E-state index in [4.69, 9.17) is 30.5 Å². The van der Waals surface area contributed by atoms with E-state index in [0.29, 0.717) is 33.7 Å². The Labute approximate surface area is 198 Å². The summed E-state index contributed by atoms with van der Waals surface area (Å²) in [5.74, 6) is 1.21. The summed E-state index contributed by atoms with van der Waals surface area (Å²) in [7, 11) is 4.42. The van der Waals surface area contributed by atoms with E-state index in [2.05, 4.69) is 15.4 Å². The Bertz CT molecular complexity index is 1370. The third-order valence-electron chi connectivity index (χ3n) is 4.74. The molecule has 11 nitrogen and oxygen atoms in total. The van der Waals surface area contributed by atoms with Crippen LogP contribution in [0.4, 0.5) is 5.69 Å². The molecule has 0 fully saturated rings. The topological polar surface area (TPSA) is 118 Å². The van der Waals surface area contributed by atoms with Crippen molar-refractivity contribution in [3.8, 4) is 28.9 Å². The number of amides is 1. The lowest BCUT2D eigenvalue weighted by Gasteiger charge is -2.14. The SMILES string of the molecule is COc1cc(NC(=O)Cn2nc3c(Oc4ccc(Cl)cc4)nccn3c2=O)cc(OC)c1OC. The third-order valence-corrected chi connectivity index (χ3v) is 4.99. The van der Waals surface area contributed by atoms with Gasteiger partial charge in [0.1, 0.15) is 12.3 Å². The predicted molar refractivity (Wildman–Crippen MR) is 124 cm³/mol. The van der Waals surface area contributed by atoms with Crippen LogP contribution in [-0.4, -0.2) is 46.4 Å². The highest BCUT2D eigenvalue weighted by Crippen LogP contribution is 2.39. The van der Waals surface area contributed by atoms with Gasteiger partial charge in [-0.1, -0.05) is 11.6 Å². The average molecular weight is 486 g/mol. The molecule has 176 valence electrons. The number of benzene rings is 2. The maximum Gasteiger partial charge on any atom is 0.351 e. The normalized spacial score (nSPS) is 10.7. The number of nitrogens with one attached hydrogen (secondary N) is 1. The molecule has 0 saturated heterocycles. The molecule has 4 aromatic rings. The van der Waals surface area contributed by atoms with Gasteiger partial charge in [0.05, 0.1) is 21.3 Å². The van der Waals surface area contributed by atoms with Crippen LogP contribution in [0.1, 0.15) is 0 Å². The smallest absolute Gasteiger partial charge is 0.351 e. The molecule has 1 N–H and O–H groups in total. The summed E-state index contributed by atoms with van der Waals surface area (Å²) < 4.78 is 23.9. The fraction of sp³-hybridized carbons (Fsp3) is 0.182. The molecule has 34 heavy (non-hydrogen) atoms. The lowest BCUT2D eigenvalue weighted by Crippen LogP contribution is -2.28. The van der Waals surface area contributed by atoms with Crippen LogP contribution < -0.4 is 30.0 Å². The molecule has 12 heteroatoms. The van der Waals surface area contributed by atoms with E-state index >= 15 is 0 Å². The summed E-state index contributed by atoms with van der Waals surface area (Å²) in [5.41, 5.74) is 0.0196. The lowest BCUT2D eigenvalue weighted by atomic mass is 10.2. The average Bonchev–Trinajstić information content (AvgIpc) is 3.15. The summed E-state index contributed by atoms with van der Waals surface area (Å²) in [5, 5.41) is 7.48. The maximum atomic E-state index is 12.8. The first-order valence-corrected chi connectivity index (χ1v) is 10.3. The second-order valence-electron chi connectivity index (χ2n) is 6.88. The van der Waals surface area contributed by atoms with Gasteiger partial charge in [-0.15, -0.1) is 5.10 Å². The number of aromatic nitrogens is 4. The van der Waals surface area contributed by atoms with Crippen molar-refractivity contribution < 1.29 is 23.7 Å². The minimum Gasteiger partial charge on any atom is -0.493 e. The fourth-order valence-electron chi connectivity index (χ4n) is 3.20. The van der Waals surface area contributed by atoms with Gasteiger partial charge < -0.3 is 24.3 Å². The van der Waals surface area contributed by atoms with E-state index in [-0.39, 0.29) is 18.1 Å². The van der Waals surface area contributed by atoms with Crippen molar-refractivity contribution in [3.05, 3.63) is 64.3 Å². The molecule has 0 atom stereocenters. The van der Waals surface area contributed by atoms with Crippen molar-refractivity contribution in [3.63, 3.8) is 0 Å². The van der Waals surface area contributed by atoms with Crippen molar-refractivity contribution in [1.82, 2.24) is 19.2 Å². The van der Waals surface area contributed by atoms with Gasteiger partial charge in [-0.2, -0.15) is 0 Å². The Kier molecular flexibility index (Phi) is 6.55. The number of hydrogen-bond acceptors (Lipinski definition) is 8. The quantitative estimate of drug-likeness (QED) is 0.404. The highest BCUT2D eigenvalue weighted by atomic mass is 35.5. The molecule has 0 aliphatic rings. The molecule has 0 radical (unpaired) electrons. The number of anilines is 1. The highest BCUT2D eigenvalue weighted by Gasteiger charge is 2.18. The number of methoxy groups -OCH3 is 3. The van der Waals surface area contributed by atoms with Crippen LogP contribution in [0.2, 0.25) is 5.02 Å². The molecule has 2 aromatic carbocycles. The first-order valence-electron chi connectivity index (χ1n) is 9.91. The van der Waals surface area contributed by atoms with Crippen molar-refractivity contribution in [2.45, 2.75) is 6.54 Å². The van der Waals surface area contributed by atoms with Gasteiger partial charge in [0.25, 0.3) is 5.88 Å². The summed E-state index contributed by atoms with van der Waals surface area (Å²) in [4.78, 5) is 29.6. The van der Waals surface area contributed by atoms with Gasteiger partial charge in [-0.25, -0.2) is 18.9 Å². The van der Waals surface area contributed by atoms with E-state index in [9.17, 15) is 9.59 Å². The summed E-state index contributed by atoms with van der Waals surface area (Å²) in [6, 6.07) is 9.80. The second-order valence-corrected chi connectivity index (χ2v) is 7.32. The molecular weight excluding hydrogens is 466 g/mol. The van der Waals surface area contributed by atoms with Gasteiger partial charge >= 0.3 is 5.69 Å². The first-order chi connectivity index (χ1) is 16.4. The van der Waals surface area contributed by atoms with Crippen LogP contribution in [-0.2, 0) is 11.3 Å². The number of rotatable bonds is 8. The van der Waals surface area contributed by atoms with Crippen molar-refractivity contribution in [1.29, 1.82) is 0 Å². The van der Waals surface area contributed by atoms with E-state index in [0.717, 1.165) is 4.68 Å². The second kappa shape index (κ2) is 9.71. The molecule has 0 bridgehead atoms. The fourth-order valence-corrected chi connectivity index (χ4v) is 3.33. The number of carbonyl (C=O) groups excluding carboxylic acids is 1. The van der Waals surface area contributed by atoms with Crippen LogP contribution in [0.15, 0.2) is 53.6 Å². The monoisotopic (exact) mass is 485 g/mol. The number of carbonyl (C=O) groups is 1. The summed E-state index contributed by atoms with van der Waals surface area (Å²) in [6.07, 6.45) is 2.84. The van der Waals surface area contributed by atoms with Gasteiger partial charge in [-0.05, 0) is 24.3 Å². The third kappa shape index (κ3) is 4.59. The number of hydrogen-bond donors (Lipinski definition) is 1. The molecule has 0 aliphatic heterocycles. The standard InChI is InChI=1S/C22H20ClN5O6/c1-31-16-10-14(11-17(32-2)19(16)33-3)25-18(29)12-28-22(30)27-9-8-24-21(20(27)26-28)34-15-6-4-13(23)5-7-15/h4-11H,12H2,1-3H3,(H,25,29). The molecule has 4 rings (SSSR count). The Morgan fingerprint density at radius 3 is 2.35 bits per heavy atom. The molecule has 0 spiro atoms. The van der Waals surface area contributed by atoms with E-state index in [1.54, 1.807) is 36.4 Å². The molecule has 0 aliphatic carbocycles. The Hall–Kier alpha value is -4.25.